The summed E-state index contributed by atoms with van der Waals surface area (Å²) in [6.07, 6.45) is 2.09. The van der Waals surface area contributed by atoms with Crippen LogP contribution in [-0.4, -0.2) is 30.7 Å². The number of aryl methyl sites for hydroxylation is 1. The van der Waals surface area contributed by atoms with Crippen molar-refractivity contribution in [3.63, 3.8) is 0 Å². The van der Waals surface area contributed by atoms with Crippen LogP contribution in [0.1, 0.15) is 40.8 Å². The van der Waals surface area contributed by atoms with Gasteiger partial charge < -0.3 is 9.52 Å². The highest BCUT2D eigenvalue weighted by atomic mass is 16.4. The molecular weight excluding hydrogens is 272 g/mol. The third-order valence-electron chi connectivity index (χ3n) is 3.48. The summed E-state index contributed by atoms with van der Waals surface area (Å²) in [5.41, 5.74) is 0.478. The van der Waals surface area contributed by atoms with Crippen molar-refractivity contribution in [2.75, 3.05) is 0 Å². The molecule has 0 atom stereocenters. The molecule has 0 spiro atoms. The second-order valence-electron chi connectivity index (χ2n) is 5.20. The van der Waals surface area contributed by atoms with Crippen LogP contribution in [0.4, 0.5) is 0 Å². The van der Waals surface area contributed by atoms with Gasteiger partial charge in [-0.3, -0.25) is 0 Å². The molecule has 4 rings (SSSR count). The van der Waals surface area contributed by atoms with E-state index in [9.17, 15) is 9.90 Å². The number of fused-ring (bicyclic) bond motifs is 1. The molecule has 1 saturated carbocycles. The van der Waals surface area contributed by atoms with Crippen LogP contribution in [0.15, 0.2) is 22.6 Å². The number of carboxylic acid groups (broad SMARTS) is 1. The minimum absolute atomic E-state index is 0.0310. The Morgan fingerprint density at radius 1 is 1.38 bits per heavy atom. The van der Waals surface area contributed by atoms with E-state index in [1.165, 1.54) is 10.6 Å². The lowest BCUT2D eigenvalue weighted by molar-refractivity contribution is 0.0687. The van der Waals surface area contributed by atoms with Crippen LogP contribution in [-0.2, 0) is 0 Å². The zero-order chi connectivity index (χ0) is 14.6. The molecule has 1 aliphatic carbocycles. The Hall–Kier alpha value is -2.70. The number of carbonyl (C=O) groups is 1. The lowest BCUT2D eigenvalue weighted by Crippen LogP contribution is -2.08. The molecule has 0 radical (unpaired) electrons. The Bertz CT molecular complexity index is 860. The van der Waals surface area contributed by atoms with Gasteiger partial charge in [-0.1, -0.05) is 0 Å². The number of carboxylic acids is 1. The first-order chi connectivity index (χ1) is 10.1. The number of hydrogen-bond acceptors (Lipinski definition) is 5. The maximum Gasteiger partial charge on any atom is 0.354 e. The van der Waals surface area contributed by atoms with Crippen LogP contribution < -0.4 is 0 Å². The predicted octanol–water partition coefficient (Wildman–Crippen LogP) is 2.27. The van der Waals surface area contributed by atoms with E-state index in [4.69, 9.17) is 4.42 Å². The van der Waals surface area contributed by atoms with E-state index in [0.717, 1.165) is 18.6 Å². The topological polar surface area (TPSA) is 93.5 Å². The summed E-state index contributed by atoms with van der Waals surface area (Å²) in [6.45, 7) is 1.82. The minimum atomic E-state index is -1.07. The number of aromatic nitrogens is 4. The van der Waals surface area contributed by atoms with Crippen molar-refractivity contribution in [1.82, 2.24) is 19.6 Å². The molecule has 0 unspecified atom stereocenters. The predicted molar refractivity (Wildman–Crippen MR) is 72.2 cm³/mol. The standard InChI is InChI=1S/C14H12N4O3/c1-7-2-5-11(21-7)9-6-10(13(19)20)18-14(15-9)16-12(17-18)8-3-4-8/h2,5-6,8H,3-4H2,1H3,(H,19,20). The van der Waals surface area contributed by atoms with Gasteiger partial charge in [0.2, 0.25) is 0 Å². The van der Waals surface area contributed by atoms with Gasteiger partial charge in [-0.15, -0.1) is 5.10 Å². The van der Waals surface area contributed by atoms with Crippen LogP contribution in [0.2, 0.25) is 0 Å². The molecule has 1 N–H and O–H groups in total. The largest absolute Gasteiger partial charge is 0.477 e. The zero-order valence-corrected chi connectivity index (χ0v) is 11.3. The maximum atomic E-state index is 11.5. The Morgan fingerprint density at radius 2 is 2.19 bits per heavy atom. The Kier molecular flexibility index (Phi) is 2.38. The molecule has 7 nitrogen and oxygen atoms in total. The number of furan rings is 1. The van der Waals surface area contributed by atoms with E-state index in [1.807, 2.05) is 6.92 Å². The highest BCUT2D eigenvalue weighted by molar-refractivity contribution is 5.87. The van der Waals surface area contributed by atoms with E-state index >= 15 is 0 Å². The number of rotatable bonds is 3. The fraction of sp³-hybridized carbons (Fsp3) is 0.286. The molecule has 0 aromatic carbocycles. The van der Waals surface area contributed by atoms with Crippen LogP contribution in [0, 0.1) is 6.92 Å². The third kappa shape index (κ3) is 1.97. The fourth-order valence-corrected chi connectivity index (χ4v) is 2.25. The van der Waals surface area contributed by atoms with Gasteiger partial charge in [0.15, 0.2) is 17.3 Å². The molecule has 3 aromatic heterocycles. The van der Waals surface area contributed by atoms with Crippen molar-refractivity contribution in [3.8, 4) is 11.5 Å². The van der Waals surface area contributed by atoms with Gasteiger partial charge in [-0.05, 0) is 31.9 Å². The Morgan fingerprint density at radius 3 is 2.81 bits per heavy atom. The Balaban J connectivity index is 1.94. The summed E-state index contributed by atoms with van der Waals surface area (Å²) in [4.78, 5) is 20.2. The van der Waals surface area contributed by atoms with Crippen molar-refractivity contribution < 1.29 is 14.3 Å². The average molecular weight is 284 g/mol. The summed E-state index contributed by atoms with van der Waals surface area (Å²) in [5, 5.41) is 13.6. The van der Waals surface area contributed by atoms with E-state index in [1.54, 1.807) is 12.1 Å². The van der Waals surface area contributed by atoms with Gasteiger partial charge in [0, 0.05) is 12.0 Å². The smallest absolute Gasteiger partial charge is 0.354 e. The molecule has 0 saturated heterocycles. The molecule has 106 valence electrons. The summed E-state index contributed by atoms with van der Waals surface area (Å²) >= 11 is 0. The zero-order valence-electron chi connectivity index (χ0n) is 11.3. The maximum absolute atomic E-state index is 11.5. The van der Waals surface area contributed by atoms with Crippen molar-refractivity contribution in [1.29, 1.82) is 0 Å². The van der Waals surface area contributed by atoms with Gasteiger partial charge in [-0.25, -0.2) is 9.78 Å². The van der Waals surface area contributed by atoms with Gasteiger partial charge >= 0.3 is 5.97 Å². The van der Waals surface area contributed by atoms with Crippen LogP contribution in [0.25, 0.3) is 17.2 Å². The quantitative estimate of drug-likeness (QED) is 0.793. The molecule has 3 aromatic rings. The second kappa shape index (κ2) is 4.15. The highest BCUT2D eigenvalue weighted by Gasteiger charge is 2.29. The monoisotopic (exact) mass is 284 g/mol. The number of nitrogens with zero attached hydrogens (tertiary/aromatic N) is 4. The molecule has 1 aliphatic rings. The number of aromatic carboxylic acids is 1. The summed E-state index contributed by atoms with van der Waals surface area (Å²) < 4.78 is 6.79. The van der Waals surface area contributed by atoms with E-state index < -0.39 is 5.97 Å². The molecule has 0 amide bonds. The summed E-state index contributed by atoms with van der Waals surface area (Å²) in [7, 11) is 0. The molecule has 3 heterocycles. The average Bonchev–Trinajstić information content (AvgIpc) is 3.07. The van der Waals surface area contributed by atoms with E-state index in [2.05, 4.69) is 15.1 Å². The number of hydrogen-bond donors (Lipinski definition) is 1. The first-order valence-electron chi connectivity index (χ1n) is 6.69. The molecular formula is C14H12N4O3. The fourth-order valence-electron chi connectivity index (χ4n) is 2.25. The SMILES string of the molecule is Cc1ccc(-c2cc(C(=O)O)n3nc(C4CC4)nc3n2)o1. The first kappa shape index (κ1) is 12.1. The van der Waals surface area contributed by atoms with Crippen LogP contribution >= 0.6 is 0 Å². The summed E-state index contributed by atoms with van der Waals surface area (Å²) in [5.74, 6) is 1.48. The lowest BCUT2D eigenvalue weighted by Gasteiger charge is -2.01. The third-order valence-corrected chi connectivity index (χ3v) is 3.48. The van der Waals surface area contributed by atoms with Gasteiger partial charge in [0.1, 0.15) is 11.5 Å². The highest BCUT2D eigenvalue weighted by Crippen LogP contribution is 2.38. The molecule has 7 heteroatoms. The first-order valence-corrected chi connectivity index (χ1v) is 6.69. The normalized spacial score (nSPS) is 14.7. The van der Waals surface area contributed by atoms with Crippen LogP contribution in [0.5, 0.6) is 0 Å². The molecule has 1 fully saturated rings. The Labute approximate surface area is 119 Å². The summed E-state index contributed by atoms with van der Waals surface area (Å²) in [6, 6.07) is 5.03. The van der Waals surface area contributed by atoms with E-state index in [0.29, 0.717) is 29.0 Å². The lowest BCUT2D eigenvalue weighted by atomic mass is 10.2. The van der Waals surface area contributed by atoms with Crippen molar-refractivity contribution >= 4 is 11.7 Å². The van der Waals surface area contributed by atoms with E-state index in [-0.39, 0.29) is 5.69 Å². The van der Waals surface area contributed by atoms with Crippen molar-refractivity contribution in [2.45, 2.75) is 25.7 Å². The van der Waals surface area contributed by atoms with Crippen LogP contribution in [0.3, 0.4) is 0 Å². The van der Waals surface area contributed by atoms with Gasteiger partial charge in [-0.2, -0.15) is 9.50 Å². The minimum Gasteiger partial charge on any atom is -0.477 e. The molecule has 0 aliphatic heterocycles. The van der Waals surface area contributed by atoms with Gasteiger partial charge in [0.25, 0.3) is 5.78 Å². The van der Waals surface area contributed by atoms with Gasteiger partial charge in [0.05, 0.1) is 0 Å². The molecule has 21 heavy (non-hydrogen) atoms. The second-order valence-corrected chi connectivity index (χ2v) is 5.20. The van der Waals surface area contributed by atoms with Crippen molar-refractivity contribution in [3.05, 3.63) is 35.5 Å². The molecule has 0 bridgehead atoms. The van der Waals surface area contributed by atoms with Crippen molar-refractivity contribution in [2.24, 2.45) is 0 Å².